The smallest absolute Gasteiger partial charge is 0.269 e. The summed E-state index contributed by atoms with van der Waals surface area (Å²) >= 11 is 3.44. The van der Waals surface area contributed by atoms with Crippen LogP contribution in [-0.2, 0) is 11.9 Å². The third-order valence-corrected chi connectivity index (χ3v) is 3.83. The molecular formula is C16H16BrNO3. The zero-order chi connectivity index (χ0) is 15.4. The van der Waals surface area contributed by atoms with Gasteiger partial charge in [0.15, 0.2) is 0 Å². The second-order valence-corrected chi connectivity index (χ2v) is 5.47. The second kappa shape index (κ2) is 6.72. The van der Waals surface area contributed by atoms with Gasteiger partial charge in [-0.05, 0) is 36.1 Å². The molecule has 0 spiro atoms. The molecule has 0 unspecified atom stereocenters. The van der Waals surface area contributed by atoms with Crippen molar-refractivity contribution in [2.24, 2.45) is 0 Å². The Morgan fingerprint density at radius 1 is 1.14 bits per heavy atom. The number of hydrogen-bond acceptors (Lipinski definition) is 3. The number of rotatable bonds is 5. The predicted octanol–water partition coefficient (Wildman–Crippen LogP) is 4.69. The van der Waals surface area contributed by atoms with Gasteiger partial charge in [-0.1, -0.05) is 40.2 Å². The molecule has 0 aliphatic heterocycles. The number of benzene rings is 2. The highest BCUT2D eigenvalue weighted by Gasteiger charge is 2.09. The van der Waals surface area contributed by atoms with Crippen molar-refractivity contribution in [1.29, 1.82) is 0 Å². The predicted molar refractivity (Wildman–Crippen MR) is 86.0 cm³/mol. The standard InChI is InChI=1S/C16H16BrNO3/c1-11-6-14(9-17)7-12(2)16(11)21-10-13-4-3-5-15(8-13)18(19)20/h3-8H,9-10H2,1-2H3. The molecule has 0 aromatic heterocycles. The summed E-state index contributed by atoms with van der Waals surface area (Å²) in [6.45, 7) is 4.32. The number of non-ortho nitro benzene ring substituents is 1. The summed E-state index contributed by atoms with van der Waals surface area (Å²) in [5, 5.41) is 11.6. The van der Waals surface area contributed by atoms with Gasteiger partial charge in [0.2, 0.25) is 0 Å². The molecule has 0 amide bonds. The summed E-state index contributed by atoms with van der Waals surface area (Å²) in [5.74, 6) is 0.839. The Balaban J connectivity index is 2.17. The van der Waals surface area contributed by atoms with Crippen molar-refractivity contribution in [2.45, 2.75) is 25.8 Å². The number of nitro groups is 1. The van der Waals surface area contributed by atoms with Gasteiger partial charge in [0.25, 0.3) is 5.69 Å². The fraction of sp³-hybridized carbons (Fsp3) is 0.250. The lowest BCUT2D eigenvalue weighted by molar-refractivity contribution is -0.384. The highest BCUT2D eigenvalue weighted by Crippen LogP contribution is 2.27. The highest BCUT2D eigenvalue weighted by atomic mass is 79.9. The van der Waals surface area contributed by atoms with Gasteiger partial charge in [-0.25, -0.2) is 0 Å². The number of ether oxygens (including phenoxy) is 1. The van der Waals surface area contributed by atoms with Crippen LogP contribution in [0.2, 0.25) is 0 Å². The monoisotopic (exact) mass is 349 g/mol. The van der Waals surface area contributed by atoms with Crippen LogP contribution >= 0.6 is 15.9 Å². The average Bonchev–Trinajstić information content (AvgIpc) is 2.46. The largest absolute Gasteiger partial charge is 0.488 e. The lowest BCUT2D eigenvalue weighted by atomic mass is 10.1. The molecule has 0 saturated heterocycles. The maximum absolute atomic E-state index is 10.8. The van der Waals surface area contributed by atoms with E-state index >= 15 is 0 Å². The lowest BCUT2D eigenvalue weighted by Crippen LogP contribution is -2.00. The lowest BCUT2D eigenvalue weighted by Gasteiger charge is -2.13. The summed E-state index contributed by atoms with van der Waals surface area (Å²) in [6, 6.07) is 10.7. The molecule has 0 saturated carbocycles. The molecule has 0 heterocycles. The Bertz CT molecular complexity index is 647. The van der Waals surface area contributed by atoms with Crippen LogP contribution in [-0.4, -0.2) is 4.92 Å². The zero-order valence-electron chi connectivity index (χ0n) is 11.9. The highest BCUT2D eigenvalue weighted by molar-refractivity contribution is 9.08. The summed E-state index contributed by atoms with van der Waals surface area (Å²) in [5.41, 5.74) is 4.20. The second-order valence-electron chi connectivity index (χ2n) is 4.91. The first-order chi connectivity index (χ1) is 10.0. The Morgan fingerprint density at radius 2 is 1.81 bits per heavy atom. The van der Waals surface area contributed by atoms with Crippen molar-refractivity contribution < 1.29 is 9.66 Å². The molecule has 2 rings (SSSR count). The van der Waals surface area contributed by atoms with Crippen molar-refractivity contribution in [2.75, 3.05) is 0 Å². The normalized spacial score (nSPS) is 10.4. The van der Waals surface area contributed by atoms with Crippen molar-refractivity contribution >= 4 is 21.6 Å². The van der Waals surface area contributed by atoms with Crippen LogP contribution in [0, 0.1) is 24.0 Å². The van der Waals surface area contributed by atoms with E-state index in [0.29, 0.717) is 6.61 Å². The molecule has 0 fully saturated rings. The van der Waals surface area contributed by atoms with Crippen LogP contribution in [0.15, 0.2) is 36.4 Å². The molecule has 4 nitrogen and oxygen atoms in total. The minimum absolute atomic E-state index is 0.0826. The molecule has 0 bridgehead atoms. The quantitative estimate of drug-likeness (QED) is 0.447. The number of nitro benzene ring substituents is 1. The van der Waals surface area contributed by atoms with E-state index < -0.39 is 4.92 Å². The van der Waals surface area contributed by atoms with Gasteiger partial charge >= 0.3 is 0 Å². The minimum atomic E-state index is -0.398. The van der Waals surface area contributed by atoms with Crippen molar-refractivity contribution in [3.63, 3.8) is 0 Å². The van der Waals surface area contributed by atoms with E-state index in [2.05, 4.69) is 28.1 Å². The van der Waals surface area contributed by atoms with E-state index in [9.17, 15) is 10.1 Å². The SMILES string of the molecule is Cc1cc(CBr)cc(C)c1OCc1cccc([N+](=O)[O-])c1. The molecule has 2 aromatic rings. The topological polar surface area (TPSA) is 52.4 Å². The fourth-order valence-electron chi connectivity index (χ4n) is 2.26. The van der Waals surface area contributed by atoms with Gasteiger partial charge < -0.3 is 4.74 Å². The molecule has 2 aromatic carbocycles. The van der Waals surface area contributed by atoms with Gasteiger partial charge in [0, 0.05) is 17.5 Å². The maximum atomic E-state index is 10.8. The zero-order valence-corrected chi connectivity index (χ0v) is 13.5. The number of alkyl halides is 1. The molecule has 0 N–H and O–H groups in total. The maximum Gasteiger partial charge on any atom is 0.269 e. The summed E-state index contributed by atoms with van der Waals surface area (Å²) in [4.78, 5) is 10.4. The number of nitrogens with zero attached hydrogens (tertiary/aromatic N) is 1. The summed E-state index contributed by atoms with van der Waals surface area (Å²) in [7, 11) is 0. The molecule has 21 heavy (non-hydrogen) atoms. The first-order valence-electron chi connectivity index (χ1n) is 6.53. The van der Waals surface area contributed by atoms with Crippen molar-refractivity contribution in [3.8, 4) is 5.75 Å². The average molecular weight is 350 g/mol. The van der Waals surface area contributed by atoms with E-state index in [-0.39, 0.29) is 5.69 Å². The van der Waals surface area contributed by atoms with Crippen LogP contribution < -0.4 is 4.74 Å². The number of aryl methyl sites for hydroxylation is 2. The number of halogens is 1. The van der Waals surface area contributed by atoms with Crippen LogP contribution in [0.1, 0.15) is 22.3 Å². The molecule has 110 valence electrons. The Hall–Kier alpha value is -1.88. The first-order valence-corrected chi connectivity index (χ1v) is 7.65. The third-order valence-electron chi connectivity index (χ3n) is 3.18. The first kappa shape index (κ1) is 15.5. The molecular weight excluding hydrogens is 334 g/mol. The van der Waals surface area contributed by atoms with E-state index in [1.54, 1.807) is 6.07 Å². The molecule has 0 atom stereocenters. The van der Waals surface area contributed by atoms with Gasteiger partial charge in [0.05, 0.1) is 4.92 Å². The third kappa shape index (κ3) is 3.82. The van der Waals surface area contributed by atoms with E-state index in [1.807, 2.05) is 19.9 Å². The number of hydrogen-bond donors (Lipinski definition) is 0. The Morgan fingerprint density at radius 3 is 2.38 bits per heavy atom. The minimum Gasteiger partial charge on any atom is -0.488 e. The van der Waals surface area contributed by atoms with E-state index in [1.165, 1.54) is 17.7 Å². The van der Waals surface area contributed by atoms with Gasteiger partial charge in [-0.2, -0.15) is 0 Å². The fourth-order valence-corrected chi connectivity index (χ4v) is 2.58. The van der Waals surface area contributed by atoms with E-state index in [0.717, 1.165) is 27.8 Å². The van der Waals surface area contributed by atoms with Gasteiger partial charge in [-0.3, -0.25) is 10.1 Å². The Labute approximate surface area is 132 Å². The summed E-state index contributed by atoms with van der Waals surface area (Å²) in [6.07, 6.45) is 0. The summed E-state index contributed by atoms with van der Waals surface area (Å²) < 4.78 is 5.85. The van der Waals surface area contributed by atoms with Crippen LogP contribution in [0.5, 0.6) is 5.75 Å². The van der Waals surface area contributed by atoms with Crippen molar-refractivity contribution in [3.05, 3.63) is 68.8 Å². The molecule has 0 aliphatic rings. The van der Waals surface area contributed by atoms with Gasteiger partial charge in [-0.15, -0.1) is 0 Å². The van der Waals surface area contributed by atoms with Crippen LogP contribution in [0.3, 0.4) is 0 Å². The van der Waals surface area contributed by atoms with Crippen LogP contribution in [0.25, 0.3) is 0 Å². The molecule has 0 radical (unpaired) electrons. The Kier molecular flexibility index (Phi) is 4.96. The van der Waals surface area contributed by atoms with Crippen molar-refractivity contribution in [1.82, 2.24) is 0 Å². The van der Waals surface area contributed by atoms with Crippen LogP contribution in [0.4, 0.5) is 5.69 Å². The molecule has 5 heteroatoms. The van der Waals surface area contributed by atoms with Gasteiger partial charge in [0.1, 0.15) is 12.4 Å². The molecule has 0 aliphatic carbocycles. The van der Waals surface area contributed by atoms with E-state index in [4.69, 9.17) is 4.74 Å².